The molecule has 0 amide bonds. The summed E-state index contributed by atoms with van der Waals surface area (Å²) in [4.78, 5) is 0. The van der Waals surface area contributed by atoms with Crippen molar-refractivity contribution in [1.29, 1.82) is 0 Å². The zero-order chi connectivity index (χ0) is 6.85. The molecular formula is C7H6FO. The van der Waals surface area contributed by atoms with Gasteiger partial charge in [-0.3, -0.25) is 0 Å². The van der Waals surface area contributed by atoms with Gasteiger partial charge in [0.05, 0.1) is 0 Å². The fourth-order valence-corrected chi connectivity index (χ4v) is 0.633. The van der Waals surface area contributed by atoms with Crippen LogP contribution in [0.5, 0.6) is 5.75 Å². The Hall–Kier alpha value is -1.05. The lowest BCUT2D eigenvalue weighted by Crippen LogP contribution is -1.75. The van der Waals surface area contributed by atoms with Crippen LogP contribution >= 0.6 is 0 Å². The molecule has 9 heavy (non-hydrogen) atoms. The van der Waals surface area contributed by atoms with E-state index >= 15 is 0 Å². The summed E-state index contributed by atoms with van der Waals surface area (Å²) in [7, 11) is 0. The van der Waals surface area contributed by atoms with Crippen LogP contribution in [0.15, 0.2) is 18.2 Å². The molecule has 0 aliphatic rings. The Kier molecular flexibility index (Phi) is 1.39. The molecule has 1 aromatic rings. The van der Waals surface area contributed by atoms with E-state index in [1.54, 1.807) is 0 Å². The molecule has 1 nitrogen and oxygen atoms in total. The van der Waals surface area contributed by atoms with Crippen LogP contribution in [0.25, 0.3) is 0 Å². The number of phenolic OH excluding ortho intramolecular Hbond substituents is 1. The highest BCUT2D eigenvalue weighted by Crippen LogP contribution is 2.12. The maximum atomic E-state index is 12.2. The minimum atomic E-state index is -0.458. The molecular weight excluding hydrogens is 119 g/mol. The number of hydrogen-bond donors (Lipinski definition) is 1. The van der Waals surface area contributed by atoms with Gasteiger partial charge in [-0.25, -0.2) is 4.39 Å². The second-order valence-electron chi connectivity index (χ2n) is 1.82. The molecule has 0 atom stereocenters. The van der Waals surface area contributed by atoms with Crippen LogP contribution < -0.4 is 0 Å². The molecule has 0 saturated heterocycles. The molecule has 0 aliphatic heterocycles. The lowest BCUT2D eigenvalue weighted by Gasteiger charge is -1.93. The van der Waals surface area contributed by atoms with Gasteiger partial charge in [0.15, 0.2) is 0 Å². The van der Waals surface area contributed by atoms with E-state index in [0.717, 1.165) is 6.07 Å². The quantitative estimate of drug-likeness (QED) is 0.559. The summed E-state index contributed by atoms with van der Waals surface area (Å²) < 4.78 is 12.2. The van der Waals surface area contributed by atoms with Gasteiger partial charge in [-0.15, -0.1) is 0 Å². The van der Waals surface area contributed by atoms with Gasteiger partial charge < -0.3 is 5.11 Å². The molecule has 0 unspecified atom stereocenters. The molecule has 1 radical (unpaired) electrons. The summed E-state index contributed by atoms with van der Waals surface area (Å²) in [5.74, 6) is -0.542. The summed E-state index contributed by atoms with van der Waals surface area (Å²) in [5, 5.41) is 8.71. The predicted molar refractivity (Wildman–Crippen MR) is 32.5 cm³/mol. The Morgan fingerprint density at radius 3 is 2.44 bits per heavy atom. The van der Waals surface area contributed by atoms with Crippen LogP contribution in [0.1, 0.15) is 5.56 Å². The number of aromatic hydroxyl groups is 1. The van der Waals surface area contributed by atoms with Crippen LogP contribution in [0.4, 0.5) is 4.39 Å². The molecule has 0 aliphatic carbocycles. The van der Waals surface area contributed by atoms with Crippen molar-refractivity contribution in [2.45, 2.75) is 0 Å². The van der Waals surface area contributed by atoms with E-state index in [9.17, 15) is 4.39 Å². The van der Waals surface area contributed by atoms with Crippen molar-refractivity contribution in [3.8, 4) is 5.75 Å². The summed E-state index contributed by atoms with van der Waals surface area (Å²) in [6, 6.07) is 3.68. The number of rotatable bonds is 0. The third-order valence-corrected chi connectivity index (χ3v) is 0.942. The number of benzene rings is 1. The fraction of sp³-hybridized carbons (Fsp3) is 0. The topological polar surface area (TPSA) is 20.2 Å². The van der Waals surface area contributed by atoms with E-state index in [2.05, 4.69) is 6.92 Å². The maximum absolute atomic E-state index is 12.2. The highest BCUT2D eigenvalue weighted by Gasteiger charge is 1.92. The highest BCUT2D eigenvalue weighted by atomic mass is 19.1. The van der Waals surface area contributed by atoms with Crippen molar-refractivity contribution in [3.63, 3.8) is 0 Å². The van der Waals surface area contributed by atoms with Crippen molar-refractivity contribution in [2.75, 3.05) is 0 Å². The maximum Gasteiger partial charge on any atom is 0.127 e. The molecule has 0 spiro atoms. The van der Waals surface area contributed by atoms with Gasteiger partial charge in [-0.05, 0) is 24.6 Å². The second kappa shape index (κ2) is 2.05. The first kappa shape index (κ1) is 6.08. The minimum absolute atomic E-state index is 0.0833. The average Bonchev–Trinajstić information content (AvgIpc) is 1.59. The first-order chi connectivity index (χ1) is 4.18. The van der Waals surface area contributed by atoms with E-state index in [4.69, 9.17) is 5.11 Å². The molecule has 1 N–H and O–H groups in total. The zero-order valence-corrected chi connectivity index (χ0v) is 4.76. The van der Waals surface area contributed by atoms with Crippen LogP contribution in [0.3, 0.4) is 0 Å². The van der Waals surface area contributed by atoms with E-state index < -0.39 is 5.82 Å². The van der Waals surface area contributed by atoms with Crippen molar-refractivity contribution in [3.05, 3.63) is 36.5 Å². The largest absolute Gasteiger partial charge is 0.508 e. The monoisotopic (exact) mass is 125 g/mol. The van der Waals surface area contributed by atoms with E-state index in [1.165, 1.54) is 12.1 Å². The van der Waals surface area contributed by atoms with Gasteiger partial charge in [-0.2, -0.15) is 0 Å². The molecule has 0 saturated carbocycles. The molecule has 1 aromatic carbocycles. The fourth-order valence-electron chi connectivity index (χ4n) is 0.633. The predicted octanol–water partition coefficient (Wildman–Crippen LogP) is 1.71. The van der Waals surface area contributed by atoms with Crippen molar-refractivity contribution < 1.29 is 9.50 Å². The Balaban J connectivity index is 3.17. The highest BCUT2D eigenvalue weighted by molar-refractivity contribution is 5.29. The Labute approximate surface area is 52.8 Å². The number of halogens is 1. The number of hydrogen-bond acceptors (Lipinski definition) is 1. The van der Waals surface area contributed by atoms with E-state index in [1.807, 2.05) is 0 Å². The molecule has 0 aromatic heterocycles. The smallest absolute Gasteiger partial charge is 0.127 e. The van der Waals surface area contributed by atoms with Gasteiger partial charge in [0.25, 0.3) is 0 Å². The summed E-state index contributed by atoms with van der Waals surface area (Å²) in [6.07, 6.45) is 0. The zero-order valence-electron chi connectivity index (χ0n) is 4.76. The van der Waals surface area contributed by atoms with Gasteiger partial charge in [0.1, 0.15) is 11.6 Å². The third kappa shape index (κ3) is 1.42. The van der Waals surface area contributed by atoms with E-state index in [0.29, 0.717) is 5.56 Å². The normalized spacial score (nSPS) is 9.56. The van der Waals surface area contributed by atoms with E-state index in [-0.39, 0.29) is 5.75 Å². The first-order valence-electron chi connectivity index (χ1n) is 2.50. The van der Waals surface area contributed by atoms with Gasteiger partial charge in [-0.1, -0.05) is 0 Å². The SMILES string of the molecule is [CH2]c1cc(O)cc(F)c1. The van der Waals surface area contributed by atoms with Crippen molar-refractivity contribution in [1.82, 2.24) is 0 Å². The summed E-state index contributed by atoms with van der Waals surface area (Å²) in [5.41, 5.74) is 0.479. The Morgan fingerprint density at radius 1 is 1.33 bits per heavy atom. The van der Waals surface area contributed by atoms with Gasteiger partial charge >= 0.3 is 0 Å². The molecule has 2 heteroatoms. The standard InChI is InChI=1S/C7H6FO/c1-5-2-6(8)4-7(9)3-5/h2-4,9H,1H2. The van der Waals surface area contributed by atoms with Crippen LogP contribution in [-0.2, 0) is 0 Å². The first-order valence-corrected chi connectivity index (χ1v) is 2.50. The van der Waals surface area contributed by atoms with Crippen LogP contribution in [0.2, 0.25) is 0 Å². The van der Waals surface area contributed by atoms with Crippen molar-refractivity contribution in [2.24, 2.45) is 0 Å². The summed E-state index contributed by atoms with van der Waals surface area (Å²) >= 11 is 0. The van der Waals surface area contributed by atoms with Gasteiger partial charge in [0.2, 0.25) is 0 Å². The second-order valence-corrected chi connectivity index (χ2v) is 1.82. The molecule has 0 heterocycles. The van der Waals surface area contributed by atoms with Gasteiger partial charge in [0, 0.05) is 6.07 Å². The molecule has 0 fully saturated rings. The molecule has 47 valence electrons. The molecule has 1 rings (SSSR count). The van der Waals surface area contributed by atoms with Crippen LogP contribution in [0, 0.1) is 12.7 Å². The Morgan fingerprint density at radius 2 is 2.00 bits per heavy atom. The lowest BCUT2D eigenvalue weighted by molar-refractivity contribution is 0.469. The third-order valence-electron chi connectivity index (χ3n) is 0.942. The number of phenols is 1. The Bertz CT molecular complexity index is 170. The molecule has 0 bridgehead atoms. The lowest BCUT2D eigenvalue weighted by atomic mass is 10.2. The minimum Gasteiger partial charge on any atom is -0.508 e. The summed E-state index contributed by atoms with van der Waals surface area (Å²) in [6.45, 7) is 3.44. The average molecular weight is 125 g/mol. The van der Waals surface area contributed by atoms with Crippen LogP contribution in [-0.4, -0.2) is 5.11 Å². The van der Waals surface area contributed by atoms with Crippen molar-refractivity contribution >= 4 is 0 Å².